The van der Waals surface area contributed by atoms with E-state index in [9.17, 15) is 13.6 Å². The Hall–Kier alpha value is -0.710. The fourth-order valence-electron chi connectivity index (χ4n) is 0.691. The summed E-state index contributed by atoms with van der Waals surface area (Å²) in [5, 5.41) is 0. The molecule has 5 heteroatoms. The summed E-state index contributed by atoms with van der Waals surface area (Å²) in [5.41, 5.74) is 5.12. The number of alkyl halides is 2. The number of hydrogen-bond donors (Lipinski definition) is 1. The van der Waals surface area contributed by atoms with Gasteiger partial charge in [-0.15, -0.1) is 0 Å². The molecular formula is C7H13F2NO2. The molecule has 0 saturated heterocycles. The first-order valence-corrected chi connectivity index (χ1v) is 3.55. The lowest BCUT2D eigenvalue weighted by atomic mass is 9.99. The van der Waals surface area contributed by atoms with Gasteiger partial charge in [0.05, 0.1) is 13.2 Å². The first-order valence-electron chi connectivity index (χ1n) is 3.55. The van der Waals surface area contributed by atoms with Crippen LogP contribution in [0.4, 0.5) is 8.78 Å². The van der Waals surface area contributed by atoms with Crippen LogP contribution in [0.2, 0.25) is 0 Å². The number of nitrogens with two attached hydrogens (primary N) is 1. The second kappa shape index (κ2) is 3.80. The van der Waals surface area contributed by atoms with Crippen LogP contribution in [0.25, 0.3) is 0 Å². The van der Waals surface area contributed by atoms with Crippen LogP contribution in [-0.2, 0) is 9.53 Å². The van der Waals surface area contributed by atoms with Gasteiger partial charge in [-0.3, -0.25) is 0 Å². The molecule has 0 aromatic carbocycles. The van der Waals surface area contributed by atoms with E-state index in [-0.39, 0.29) is 0 Å². The fourth-order valence-corrected chi connectivity index (χ4v) is 0.691. The molecule has 2 N–H and O–H groups in total. The fraction of sp³-hybridized carbons (Fsp3) is 0.857. The molecular weight excluding hydrogens is 168 g/mol. The lowest BCUT2D eigenvalue weighted by Gasteiger charge is -2.23. The van der Waals surface area contributed by atoms with Crippen molar-refractivity contribution in [3.8, 4) is 0 Å². The van der Waals surface area contributed by atoms with E-state index in [1.165, 1.54) is 13.8 Å². The number of esters is 1. The van der Waals surface area contributed by atoms with Gasteiger partial charge in [-0.2, -0.15) is 8.78 Å². The van der Waals surface area contributed by atoms with E-state index in [0.29, 0.717) is 0 Å². The van der Waals surface area contributed by atoms with Crippen LogP contribution in [0.3, 0.4) is 0 Å². The van der Waals surface area contributed by atoms with Crippen molar-refractivity contribution in [2.45, 2.75) is 25.8 Å². The third kappa shape index (κ3) is 2.14. The molecule has 0 saturated carbocycles. The molecule has 0 aromatic rings. The predicted octanol–water partition coefficient (Wildman–Crippen LogP) is 0.778. The molecule has 0 rings (SSSR count). The first-order chi connectivity index (χ1) is 5.34. The number of carbonyl (C=O) groups excluding carboxylic acids is 1. The van der Waals surface area contributed by atoms with Crippen LogP contribution < -0.4 is 5.73 Å². The SMILES string of the molecule is COC(=O)C(F)(F)C(N)C(C)C. The van der Waals surface area contributed by atoms with Gasteiger partial charge in [-0.1, -0.05) is 13.8 Å². The van der Waals surface area contributed by atoms with Gasteiger partial charge < -0.3 is 10.5 Å². The maximum Gasteiger partial charge on any atom is 0.378 e. The lowest BCUT2D eigenvalue weighted by molar-refractivity contribution is -0.173. The molecule has 0 spiro atoms. The second-order valence-corrected chi connectivity index (χ2v) is 2.88. The monoisotopic (exact) mass is 181 g/mol. The van der Waals surface area contributed by atoms with Gasteiger partial charge in [0.2, 0.25) is 0 Å². The van der Waals surface area contributed by atoms with Crippen LogP contribution in [0.5, 0.6) is 0 Å². The molecule has 0 amide bonds. The highest BCUT2D eigenvalue weighted by Gasteiger charge is 2.47. The smallest absolute Gasteiger partial charge is 0.378 e. The number of hydrogen-bond acceptors (Lipinski definition) is 3. The van der Waals surface area contributed by atoms with Crippen molar-refractivity contribution in [2.75, 3.05) is 7.11 Å². The summed E-state index contributed by atoms with van der Waals surface area (Å²) in [5.74, 6) is -5.65. The Balaban J connectivity index is 4.48. The van der Waals surface area contributed by atoms with Crippen molar-refractivity contribution in [1.82, 2.24) is 0 Å². The van der Waals surface area contributed by atoms with E-state index in [4.69, 9.17) is 5.73 Å². The maximum absolute atomic E-state index is 12.9. The highest BCUT2D eigenvalue weighted by Crippen LogP contribution is 2.23. The highest BCUT2D eigenvalue weighted by atomic mass is 19.3. The predicted molar refractivity (Wildman–Crippen MR) is 39.8 cm³/mol. The molecule has 1 atom stereocenters. The van der Waals surface area contributed by atoms with Gasteiger partial charge in [-0.25, -0.2) is 4.79 Å². The zero-order valence-corrected chi connectivity index (χ0v) is 7.30. The zero-order chi connectivity index (χ0) is 9.94. The number of halogens is 2. The number of methoxy groups -OCH3 is 1. The van der Waals surface area contributed by atoms with Crippen molar-refractivity contribution in [2.24, 2.45) is 11.7 Å². The average molecular weight is 181 g/mol. The molecule has 0 aliphatic rings. The van der Waals surface area contributed by atoms with Crippen LogP contribution in [-0.4, -0.2) is 25.0 Å². The Kier molecular flexibility index (Phi) is 3.57. The van der Waals surface area contributed by atoms with Crippen molar-refractivity contribution < 1.29 is 18.3 Å². The number of ether oxygens (including phenoxy) is 1. The number of rotatable bonds is 3. The van der Waals surface area contributed by atoms with E-state index in [1.807, 2.05) is 0 Å². The molecule has 3 nitrogen and oxygen atoms in total. The maximum atomic E-state index is 12.9. The highest BCUT2D eigenvalue weighted by molar-refractivity contribution is 5.78. The van der Waals surface area contributed by atoms with Crippen LogP contribution in [0, 0.1) is 5.92 Å². The molecule has 1 unspecified atom stereocenters. The topological polar surface area (TPSA) is 52.3 Å². The molecule has 0 aliphatic carbocycles. The summed E-state index contributed by atoms with van der Waals surface area (Å²) in [7, 11) is 0.906. The molecule has 0 heterocycles. The Morgan fingerprint density at radius 3 is 2.17 bits per heavy atom. The Labute approximate surface area is 69.9 Å². The van der Waals surface area contributed by atoms with Crippen LogP contribution >= 0.6 is 0 Å². The third-order valence-corrected chi connectivity index (χ3v) is 1.59. The van der Waals surface area contributed by atoms with Crippen LogP contribution in [0.1, 0.15) is 13.8 Å². The second-order valence-electron chi connectivity index (χ2n) is 2.88. The molecule has 0 bridgehead atoms. The minimum Gasteiger partial charge on any atom is -0.465 e. The van der Waals surface area contributed by atoms with E-state index in [1.54, 1.807) is 0 Å². The summed E-state index contributed by atoms with van der Waals surface area (Å²) >= 11 is 0. The van der Waals surface area contributed by atoms with Crippen molar-refractivity contribution >= 4 is 5.97 Å². The van der Waals surface area contributed by atoms with Gasteiger partial charge >= 0.3 is 11.9 Å². The zero-order valence-electron chi connectivity index (χ0n) is 7.30. The Morgan fingerprint density at radius 1 is 1.50 bits per heavy atom. The summed E-state index contributed by atoms with van der Waals surface area (Å²) in [4.78, 5) is 10.5. The van der Waals surface area contributed by atoms with Gasteiger partial charge in [0.25, 0.3) is 0 Å². The number of carbonyl (C=O) groups is 1. The van der Waals surface area contributed by atoms with Crippen molar-refractivity contribution in [3.63, 3.8) is 0 Å². The molecule has 0 fully saturated rings. The van der Waals surface area contributed by atoms with E-state index in [0.717, 1.165) is 7.11 Å². The molecule has 0 aromatic heterocycles. The van der Waals surface area contributed by atoms with Crippen molar-refractivity contribution in [3.05, 3.63) is 0 Å². The lowest BCUT2D eigenvalue weighted by Crippen LogP contribution is -2.50. The Bertz CT molecular complexity index is 171. The standard InChI is InChI=1S/C7H13F2NO2/c1-4(2)5(10)7(8,9)6(11)12-3/h4-5H,10H2,1-3H3. The van der Waals surface area contributed by atoms with Gasteiger partial charge in [0.1, 0.15) is 0 Å². The summed E-state index contributed by atoms with van der Waals surface area (Å²) in [6.07, 6.45) is 0. The summed E-state index contributed by atoms with van der Waals surface area (Å²) in [6, 6.07) is -1.50. The van der Waals surface area contributed by atoms with E-state index >= 15 is 0 Å². The Morgan fingerprint density at radius 2 is 1.92 bits per heavy atom. The van der Waals surface area contributed by atoms with E-state index in [2.05, 4.69) is 4.74 Å². The van der Waals surface area contributed by atoms with Crippen molar-refractivity contribution in [1.29, 1.82) is 0 Å². The molecule has 12 heavy (non-hydrogen) atoms. The minimum absolute atomic E-state index is 0.473. The third-order valence-electron chi connectivity index (χ3n) is 1.59. The van der Waals surface area contributed by atoms with Gasteiger partial charge in [-0.05, 0) is 5.92 Å². The summed E-state index contributed by atoms with van der Waals surface area (Å²) < 4.78 is 29.6. The normalized spacial score (nSPS) is 14.6. The molecule has 0 aliphatic heterocycles. The van der Waals surface area contributed by atoms with E-state index < -0.39 is 23.9 Å². The van der Waals surface area contributed by atoms with Gasteiger partial charge in [0.15, 0.2) is 0 Å². The molecule has 0 radical (unpaired) electrons. The van der Waals surface area contributed by atoms with Gasteiger partial charge in [0, 0.05) is 0 Å². The minimum atomic E-state index is -3.59. The largest absolute Gasteiger partial charge is 0.465 e. The van der Waals surface area contributed by atoms with Crippen LogP contribution in [0.15, 0.2) is 0 Å². The molecule has 72 valence electrons. The summed E-state index contributed by atoms with van der Waals surface area (Å²) in [6.45, 7) is 3.03. The first kappa shape index (κ1) is 11.3. The average Bonchev–Trinajstić information content (AvgIpc) is 2.01. The quantitative estimate of drug-likeness (QED) is 0.654.